The molecule has 0 spiro atoms. The number of hydrogen-bond donors (Lipinski definition) is 1. The van der Waals surface area contributed by atoms with Gasteiger partial charge in [0.2, 0.25) is 11.6 Å². The van der Waals surface area contributed by atoms with Crippen LogP contribution in [-0.2, 0) is 7.05 Å². The number of nitrogens with two attached hydrogens (primary N) is 1. The summed E-state index contributed by atoms with van der Waals surface area (Å²) in [6, 6.07) is 1.38. The van der Waals surface area contributed by atoms with Crippen LogP contribution in [-0.4, -0.2) is 37.1 Å². The summed E-state index contributed by atoms with van der Waals surface area (Å²) >= 11 is 3.27. The number of nitrogen functional groups attached to an aromatic ring is 1. The van der Waals surface area contributed by atoms with E-state index in [0.717, 1.165) is 0 Å². The smallest absolute Gasteiger partial charge is 0.239 e. The van der Waals surface area contributed by atoms with Crippen molar-refractivity contribution in [2.75, 3.05) is 12.3 Å². The van der Waals surface area contributed by atoms with E-state index in [1.807, 2.05) is 0 Å². The summed E-state index contributed by atoms with van der Waals surface area (Å²) in [5, 5.41) is 3.89. The molecule has 0 saturated carbocycles. The van der Waals surface area contributed by atoms with E-state index in [1.165, 1.54) is 23.4 Å². The standard InChI is InChI=1S/C13H10BrFN6O2/c1-21-5-19-13(20-21)7(22)3-23-8-2-6(14)11-9(10(8)15)12(16)18-4-17-11/h2,4-5H,3H2,1H3,(H2,16,17,18). The Morgan fingerprint density at radius 2 is 2.22 bits per heavy atom. The second-order valence-electron chi connectivity index (χ2n) is 4.61. The number of ether oxygens (including phenoxy) is 1. The molecule has 118 valence electrons. The molecule has 0 fully saturated rings. The highest BCUT2D eigenvalue weighted by Gasteiger charge is 2.18. The van der Waals surface area contributed by atoms with Gasteiger partial charge in [0.15, 0.2) is 18.2 Å². The summed E-state index contributed by atoms with van der Waals surface area (Å²) in [5.41, 5.74) is 6.01. The normalized spacial score (nSPS) is 10.9. The van der Waals surface area contributed by atoms with Gasteiger partial charge in [-0.3, -0.25) is 9.48 Å². The van der Waals surface area contributed by atoms with Gasteiger partial charge in [-0.05, 0) is 22.0 Å². The molecule has 8 nitrogen and oxygen atoms in total. The van der Waals surface area contributed by atoms with Crippen molar-refractivity contribution in [2.45, 2.75) is 0 Å². The number of Topliss-reactive ketones (excluding diaryl/α,β-unsaturated/α-hetero) is 1. The lowest BCUT2D eigenvalue weighted by atomic mass is 10.2. The number of halogens is 2. The third kappa shape index (κ3) is 2.84. The Kier molecular flexibility index (Phi) is 3.90. The zero-order valence-corrected chi connectivity index (χ0v) is 13.4. The molecule has 23 heavy (non-hydrogen) atoms. The van der Waals surface area contributed by atoms with Crippen molar-refractivity contribution < 1.29 is 13.9 Å². The van der Waals surface area contributed by atoms with Gasteiger partial charge in [0.25, 0.3) is 0 Å². The highest BCUT2D eigenvalue weighted by atomic mass is 79.9. The zero-order valence-electron chi connectivity index (χ0n) is 11.8. The van der Waals surface area contributed by atoms with Gasteiger partial charge in [0, 0.05) is 11.5 Å². The molecule has 0 aliphatic heterocycles. The van der Waals surface area contributed by atoms with Crippen molar-refractivity contribution in [1.29, 1.82) is 0 Å². The van der Waals surface area contributed by atoms with Crippen LogP contribution in [0.4, 0.5) is 10.2 Å². The Morgan fingerprint density at radius 3 is 2.91 bits per heavy atom. The minimum Gasteiger partial charge on any atom is -0.482 e. The first-order valence-corrected chi connectivity index (χ1v) is 7.16. The Hall–Kier alpha value is -2.62. The molecule has 0 radical (unpaired) electrons. The van der Waals surface area contributed by atoms with E-state index in [1.54, 1.807) is 7.05 Å². The number of fused-ring (bicyclic) bond motifs is 1. The summed E-state index contributed by atoms with van der Waals surface area (Å²) in [7, 11) is 1.63. The summed E-state index contributed by atoms with van der Waals surface area (Å²) < 4.78 is 21.6. The highest BCUT2D eigenvalue weighted by Crippen LogP contribution is 2.34. The molecule has 3 rings (SSSR count). The van der Waals surface area contributed by atoms with Crippen LogP contribution in [0.5, 0.6) is 5.75 Å². The van der Waals surface area contributed by atoms with Crippen molar-refractivity contribution in [3.63, 3.8) is 0 Å². The first kappa shape index (κ1) is 15.3. The van der Waals surface area contributed by atoms with Gasteiger partial charge in [0.05, 0.1) is 10.9 Å². The van der Waals surface area contributed by atoms with Crippen molar-refractivity contribution >= 4 is 38.4 Å². The summed E-state index contributed by atoms with van der Waals surface area (Å²) in [6.45, 7) is -0.410. The van der Waals surface area contributed by atoms with Crippen LogP contribution >= 0.6 is 15.9 Å². The Morgan fingerprint density at radius 1 is 1.43 bits per heavy atom. The molecule has 2 N–H and O–H groups in total. The van der Waals surface area contributed by atoms with Gasteiger partial charge in [-0.15, -0.1) is 5.10 Å². The van der Waals surface area contributed by atoms with Crippen molar-refractivity contribution in [3.05, 3.63) is 34.8 Å². The molecule has 0 unspecified atom stereocenters. The minimum atomic E-state index is -0.733. The molecule has 1 aromatic carbocycles. The van der Waals surface area contributed by atoms with Crippen LogP contribution < -0.4 is 10.5 Å². The van der Waals surface area contributed by atoms with Gasteiger partial charge in [-0.2, -0.15) is 0 Å². The maximum atomic E-state index is 14.5. The average Bonchev–Trinajstić information content (AvgIpc) is 2.95. The number of anilines is 1. The van der Waals surface area contributed by atoms with Gasteiger partial charge in [0.1, 0.15) is 18.5 Å². The summed E-state index contributed by atoms with van der Waals surface area (Å²) in [5.74, 6) is -1.37. The number of rotatable bonds is 4. The number of nitrogens with zero attached hydrogens (tertiary/aromatic N) is 5. The lowest BCUT2D eigenvalue weighted by Gasteiger charge is -2.10. The summed E-state index contributed by atoms with van der Waals surface area (Å²) in [4.78, 5) is 23.4. The maximum Gasteiger partial charge on any atom is 0.239 e. The summed E-state index contributed by atoms with van der Waals surface area (Å²) in [6.07, 6.45) is 2.62. The van der Waals surface area contributed by atoms with Gasteiger partial charge < -0.3 is 10.5 Å². The molecule has 0 aliphatic rings. The van der Waals surface area contributed by atoms with E-state index in [9.17, 15) is 9.18 Å². The molecular weight excluding hydrogens is 371 g/mol. The Bertz CT molecular complexity index is 913. The largest absolute Gasteiger partial charge is 0.482 e. The van der Waals surface area contributed by atoms with E-state index in [4.69, 9.17) is 10.5 Å². The number of aromatic nitrogens is 5. The number of benzene rings is 1. The zero-order chi connectivity index (χ0) is 16.6. The van der Waals surface area contributed by atoms with Gasteiger partial charge in [-0.25, -0.2) is 19.3 Å². The number of carbonyl (C=O) groups is 1. The molecule has 3 aromatic rings. The number of carbonyl (C=O) groups excluding carboxylic acids is 1. The lowest BCUT2D eigenvalue weighted by Crippen LogP contribution is -2.14. The molecule has 0 saturated heterocycles. The SMILES string of the molecule is Cn1cnc(C(=O)COc2cc(Br)c3ncnc(N)c3c2F)n1. The van der Waals surface area contributed by atoms with Crippen LogP contribution in [0.15, 0.2) is 23.2 Å². The lowest BCUT2D eigenvalue weighted by molar-refractivity contribution is 0.0908. The molecule has 2 heterocycles. The van der Waals surface area contributed by atoms with Crippen molar-refractivity contribution in [3.8, 4) is 5.75 Å². The van der Waals surface area contributed by atoms with E-state index in [-0.39, 0.29) is 22.8 Å². The van der Waals surface area contributed by atoms with E-state index in [0.29, 0.717) is 9.99 Å². The quantitative estimate of drug-likeness (QED) is 0.683. The molecule has 2 aromatic heterocycles. The third-order valence-electron chi connectivity index (χ3n) is 3.00. The second-order valence-corrected chi connectivity index (χ2v) is 5.46. The fourth-order valence-electron chi connectivity index (χ4n) is 1.95. The minimum absolute atomic E-state index is 0.00406. The van der Waals surface area contributed by atoms with Crippen LogP contribution in [0.2, 0.25) is 0 Å². The molecule has 0 aliphatic carbocycles. The fraction of sp³-hybridized carbons (Fsp3) is 0.154. The second kappa shape index (κ2) is 5.88. The molecular formula is C13H10BrFN6O2. The van der Waals surface area contributed by atoms with Crippen molar-refractivity contribution in [2.24, 2.45) is 7.05 Å². The van der Waals surface area contributed by atoms with Crippen LogP contribution in [0, 0.1) is 5.82 Å². The molecule has 10 heteroatoms. The molecule has 0 amide bonds. The fourth-order valence-corrected chi connectivity index (χ4v) is 2.46. The van der Waals surface area contributed by atoms with Gasteiger partial charge >= 0.3 is 0 Å². The number of aryl methyl sites for hydroxylation is 1. The van der Waals surface area contributed by atoms with Crippen LogP contribution in [0.1, 0.15) is 10.6 Å². The maximum absolute atomic E-state index is 14.5. The Labute approximate surface area is 137 Å². The van der Waals surface area contributed by atoms with E-state index >= 15 is 0 Å². The van der Waals surface area contributed by atoms with Crippen molar-refractivity contribution in [1.82, 2.24) is 24.7 Å². The predicted molar refractivity (Wildman–Crippen MR) is 82.4 cm³/mol. The Balaban J connectivity index is 1.90. The first-order valence-electron chi connectivity index (χ1n) is 6.37. The van der Waals surface area contributed by atoms with E-state index in [2.05, 4.69) is 36.0 Å². The molecule has 0 atom stereocenters. The van der Waals surface area contributed by atoms with Crippen LogP contribution in [0.25, 0.3) is 10.9 Å². The monoisotopic (exact) mass is 380 g/mol. The number of ketones is 1. The molecule has 0 bridgehead atoms. The predicted octanol–water partition coefficient (Wildman–Crippen LogP) is 1.50. The van der Waals surface area contributed by atoms with Gasteiger partial charge in [-0.1, -0.05) is 0 Å². The van der Waals surface area contributed by atoms with E-state index < -0.39 is 18.2 Å². The number of hydrogen-bond acceptors (Lipinski definition) is 7. The third-order valence-corrected chi connectivity index (χ3v) is 3.61. The van der Waals surface area contributed by atoms with Crippen LogP contribution in [0.3, 0.4) is 0 Å². The average molecular weight is 381 g/mol. The first-order chi connectivity index (χ1) is 11.0. The highest BCUT2D eigenvalue weighted by molar-refractivity contribution is 9.10. The topological polar surface area (TPSA) is 109 Å².